The number of hydrogen-bond acceptors (Lipinski definition) is 3. The van der Waals surface area contributed by atoms with Crippen LogP contribution in [0.4, 0.5) is 10.5 Å². The van der Waals surface area contributed by atoms with Crippen molar-refractivity contribution in [1.29, 1.82) is 0 Å². The summed E-state index contributed by atoms with van der Waals surface area (Å²) in [5.41, 5.74) is 0.963. The minimum Gasteiger partial charge on any atom is -0.315 e. The first-order valence-electron chi connectivity index (χ1n) is 10.4. The van der Waals surface area contributed by atoms with Gasteiger partial charge < -0.3 is 10.2 Å². The molecule has 0 fully saturated rings. The molecule has 0 bridgehead atoms. The molecule has 1 N–H and O–H groups in total. The monoisotopic (exact) mass is 460 g/mol. The molecule has 0 aliphatic rings. The Morgan fingerprint density at radius 1 is 1.13 bits per heavy atom. The number of benzene rings is 2. The van der Waals surface area contributed by atoms with E-state index in [4.69, 9.17) is 28.2 Å². The summed E-state index contributed by atoms with van der Waals surface area (Å²) in [6.45, 7) is 6.90. The van der Waals surface area contributed by atoms with E-state index in [0.29, 0.717) is 40.5 Å². The zero-order valence-corrected chi connectivity index (χ0v) is 19.4. The van der Waals surface area contributed by atoms with Crippen LogP contribution in [0.15, 0.2) is 47.3 Å². The maximum absolute atomic E-state index is 13.2. The lowest BCUT2D eigenvalue weighted by atomic mass is 10.2. The third kappa shape index (κ3) is 4.86. The van der Waals surface area contributed by atoms with Crippen molar-refractivity contribution in [3.63, 3.8) is 0 Å². The number of hydrogen-bond donors (Lipinski definition) is 1. The highest BCUT2D eigenvalue weighted by molar-refractivity contribution is 6.43. The van der Waals surface area contributed by atoms with Gasteiger partial charge in [-0.1, -0.05) is 55.2 Å². The fraction of sp³-hybridized carbons (Fsp3) is 0.348. The highest BCUT2D eigenvalue weighted by Gasteiger charge is 2.26. The fourth-order valence-electron chi connectivity index (χ4n) is 3.58. The first-order valence-corrected chi connectivity index (χ1v) is 11.2. The average molecular weight is 461 g/mol. The molecule has 0 aliphatic heterocycles. The standard InChI is InChI=1S/C23H26Cl2N4O2/c1-4-13-28(23(31)27-19-12-8-10-17(24)20(19)25)15(3)21-26-18-11-7-6-9-16(18)22(30)29(21)14-5-2/h6-12,15H,4-5,13-14H2,1-3H3,(H,27,31). The second-order valence-electron chi connectivity index (χ2n) is 7.34. The number of halogens is 2. The zero-order chi connectivity index (χ0) is 22.5. The summed E-state index contributed by atoms with van der Waals surface area (Å²) < 4.78 is 1.68. The van der Waals surface area contributed by atoms with Crippen molar-refractivity contribution in [2.75, 3.05) is 11.9 Å². The quantitative estimate of drug-likeness (QED) is 0.461. The predicted octanol–water partition coefficient (Wildman–Crippen LogP) is 6.12. The number of rotatable bonds is 7. The van der Waals surface area contributed by atoms with E-state index >= 15 is 0 Å². The summed E-state index contributed by atoms with van der Waals surface area (Å²) in [5.74, 6) is 0.561. The van der Waals surface area contributed by atoms with Crippen LogP contribution in [0.1, 0.15) is 45.5 Å². The normalized spacial score (nSPS) is 12.0. The number of anilines is 1. The van der Waals surface area contributed by atoms with Crippen molar-refractivity contribution in [2.24, 2.45) is 0 Å². The Kier molecular flexibility index (Phi) is 7.57. The number of carbonyl (C=O) groups excluding carboxylic acids is 1. The minimum absolute atomic E-state index is 0.0935. The zero-order valence-electron chi connectivity index (χ0n) is 17.9. The molecule has 8 heteroatoms. The SMILES string of the molecule is CCCN(C(=O)Nc1cccc(Cl)c1Cl)C(C)c1nc2ccccc2c(=O)n1CCC. The van der Waals surface area contributed by atoms with Crippen molar-refractivity contribution in [3.05, 3.63) is 68.7 Å². The van der Waals surface area contributed by atoms with Crippen LogP contribution in [0.2, 0.25) is 10.0 Å². The maximum atomic E-state index is 13.2. The molecule has 164 valence electrons. The van der Waals surface area contributed by atoms with E-state index in [9.17, 15) is 9.59 Å². The Bertz CT molecular complexity index is 1150. The van der Waals surface area contributed by atoms with Crippen LogP contribution in [0.25, 0.3) is 10.9 Å². The third-order valence-corrected chi connectivity index (χ3v) is 5.92. The molecule has 1 unspecified atom stereocenters. The number of fused-ring (bicyclic) bond motifs is 1. The molecule has 0 spiro atoms. The van der Waals surface area contributed by atoms with Crippen LogP contribution in [-0.2, 0) is 6.54 Å². The van der Waals surface area contributed by atoms with Crippen molar-refractivity contribution < 1.29 is 4.79 Å². The Morgan fingerprint density at radius 2 is 1.87 bits per heavy atom. The van der Waals surface area contributed by atoms with Gasteiger partial charge in [-0.05, 0) is 44.0 Å². The molecule has 1 heterocycles. The Labute approximate surface area is 191 Å². The molecular formula is C23H26Cl2N4O2. The van der Waals surface area contributed by atoms with Gasteiger partial charge in [-0.2, -0.15) is 0 Å². The molecule has 6 nitrogen and oxygen atoms in total. The number of aromatic nitrogens is 2. The van der Waals surface area contributed by atoms with Crippen LogP contribution in [-0.4, -0.2) is 27.0 Å². The van der Waals surface area contributed by atoms with E-state index in [2.05, 4.69) is 5.32 Å². The minimum atomic E-state index is -0.429. The van der Waals surface area contributed by atoms with Gasteiger partial charge in [0.25, 0.3) is 5.56 Å². The Balaban J connectivity index is 2.02. The molecule has 0 aliphatic carbocycles. The number of nitrogens with zero attached hydrogens (tertiary/aromatic N) is 3. The highest BCUT2D eigenvalue weighted by atomic mass is 35.5. The van der Waals surface area contributed by atoms with Crippen molar-refractivity contribution >= 4 is 45.8 Å². The summed E-state index contributed by atoms with van der Waals surface area (Å²) in [6, 6.07) is 11.6. The molecule has 3 rings (SSSR count). The lowest BCUT2D eigenvalue weighted by Gasteiger charge is -2.30. The summed E-state index contributed by atoms with van der Waals surface area (Å²) in [6.07, 6.45) is 1.52. The first-order chi connectivity index (χ1) is 14.9. The van der Waals surface area contributed by atoms with Crippen LogP contribution in [0.5, 0.6) is 0 Å². The average Bonchev–Trinajstić information content (AvgIpc) is 2.76. The first kappa shape index (κ1) is 23.1. The molecule has 0 saturated heterocycles. The van der Waals surface area contributed by atoms with Crippen molar-refractivity contribution in [3.8, 4) is 0 Å². The summed E-state index contributed by atoms with van der Waals surface area (Å²) >= 11 is 12.3. The van der Waals surface area contributed by atoms with Gasteiger partial charge in [-0.3, -0.25) is 9.36 Å². The van der Waals surface area contributed by atoms with Crippen LogP contribution in [0, 0.1) is 0 Å². The van der Waals surface area contributed by atoms with E-state index in [-0.39, 0.29) is 16.6 Å². The van der Waals surface area contributed by atoms with Gasteiger partial charge in [-0.25, -0.2) is 9.78 Å². The van der Waals surface area contributed by atoms with Gasteiger partial charge in [0, 0.05) is 13.1 Å². The third-order valence-electron chi connectivity index (χ3n) is 5.10. The van der Waals surface area contributed by atoms with Gasteiger partial charge in [0.05, 0.1) is 32.7 Å². The van der Waals surface area contributed by atoms with Gasteiger partial charge in [0.15, 0.2) is 0 Å². The maximum Gasteiger partial charge on any atom is 0.322 e. The molecule has 0 radical (unpaired) electrons. The van der Waals surface area contributed by atoms with Gasteiger partial charge in [-0.15, -0.1) is 0 Å². The molecule has 2 aromatic carbocycles. The number of amides is 2. The lowest BCUT2D eigenvalue weighted by molar-refractivity contribution is 0.188. The van der Waals surface area contributed by atoms with E-state index in [0.717, 1.165) is 12.8 Å². The summed E-state index contributed by atoms with van der Waals surface area (Å²) in [5, 5.41) is 4.07. The van der Waals surface area contributed by atoms with E-state index < -0.39 is 6.04 Å². The fourth-order valence-corrected chi connectivity index (χ4v) is 3.93. The number of nitrogens with one attached hydrogen (secondary N) is 1. The second kappa shape index (κ2) is 10.2. The molecule has 3 aromatic rings. The van der Waals surface area contributed by atoms with Gasteiger partial charge in [0.1, 0.15) is 5.82 Å². The lowest BCUT2D eigenvalue weighted by Crippen LogP contribution is -2.40. The summed E-state index contributed by atoms with van der Waals surface area (Å²) in [4.78, 5) is 32.8. The van der Waals surface area contributed by atoms with E-state index in [1.807, 2.05) is 39.0 Å². The molecule has 2 amide bonds. The van der Waals surface area contributed by atoms with E-state index in [1.54, 1.807) is 33.7 Å². The molecule has 1 aromatic heterocycles. The Hall–Kier alpha value is -2.57. The van der Waals surface area contributed by atoms with Crippen molar-refractivity contribution in [2.45, 2.75) is 46.2 Å². The van der Waals surface area contributed by atoms with Crippen LogP contribution >= 0.6 is 23.2 Å². The van der Waals surface area contributed by atoms with Crippen molar-refractivity contribution in [1.82, 2.24) is 14.5 Å². The van der Waals surface area contributed by atoms with Crippen LogP contribution < -0.4 is 10.9 Å². The molecule has 1 atom stereocenters. The van der Waals surface area contributed by atoms with Crippen LogP contribution in [0.3, 0.4) is 0 Å². The number of para-hydroxylation sites is 1. The topological polar surface area (TPSA) is 67.2 Å². The van der Waals surface area contributed by atoms with Gasteiger partial charge >= 0.3 is 6.03 Å². The molecule has 0 saturated carbocycles. The molecular weight excluding hydrogens is 435 g/mol. The number of urea groups is 1. The van der Waals surface area contributed by atoms with Gasteiger partial charge in [0.2, 0.25) is 0 Å². The molecule has 31 heavy (non-hydrogen) atoms. The summed E-state index contributed by atoms with van der Waals surface area (Å²) in [7, 11) is 0. The second-order valence-corrected chi connectivity index (χ2v) is 8.13. The predicted molar refractivity (Wildman–Crippen MR) is 127 cm³/mol. The van der Waals surface area contributed by atoms with E-state index in [1.165, 1.54) is 0 Å². The number of carbonyl (C=O) groups is 1. The highest BCUT2D eigenvalue weighted by Crippen LogP contribution is 2.30. The smallest absolute Gasteiger partial charge is 0.315 e. The Morgan fingerprint density at radius 3 is 2.58 bits per heavy atom. The largest absolute Gasteiger partial charge is 0.322 e.